The Kier molecular flexibility index (Phi) is 2.71. The number of halogens is 2. The molecule has 0 spiro atoms. The fraction of sp³-hybridized carbons (Fsp3) is 0.455. The van der Waals surface area contributed by atoms with E-state index in [1.807, 2.05) is 0 Å². The van der Waals surface area contributed by atoms with Crippen molar-refractivity contribution in [1.29, 1.82) is 0 Å². The summed E-state index contributed by atoms with van der Waals surface area (Å²) >= 11 is 0. The smallest absolute Gasteiger partial charge is 0.270 e. The Bertz CT molecular complexity index is 399. The molecule has 88 valence electrons. The summed E-state index contributed by atoms with van der Waals surface area (Å²) in [6.45, 7) is 0.744. The summed E-state index contributed by atoms with van der Waals surface area (Å²) in [5.41, 5.74) is 0.425. The van der Waals surface area contributed by atoms with Gasteiger partial charge >= 0.3 is 0 Å². The van der Waals surface area contributed by atoms with Crippen LogP contribution in [-0.4, -0.2) is 18.5 Å². The van der Waals surface area contributed by atoms with Gasteiger partial charge < -0.3 is 14.6 Å². The molecule has 0 fully saturated rings. The molecule has 5 heteroatoms. The van der Waals surface area contributed by atoms with Gasteiger partial charge in [0.15, 0.2) is 11.5 Å². The normalized spacial score (nSPS) is 14.2. The number of hydrogen-bond donors (Lipinski definition) is 1. The van der Waals surface area contributed by atoms with E-state index in [0.717, 1.165) is 6.92 Å². The molecule has 0 saturated carbocycles. The van der Waals surface area contributed by atoms with E-state index in [1.54, 1.807) is 0 Å². The van der Waals surface area contributed by atoms with Crippen LogP contribution in [0.1, 0.15) is 18.1 Å². The van der Waals surface area contributed by atoms with E-state index in [1.165, 1.54) is 12.1 Å². The van der Waals surface area contributed by atoms with Crippen molar-refractivity contribution in [2.45, 2.75) is 19.3 Å². The van der Waals surface area contributed by atoms with Crippen LogP contribution in [0, 0.1) is 0 Å². The molecular formula is C11H12F2O3. The zero-order chi connectivity index (χ0) is 11.8. The average Bonchev–Trinajstić information content (AvgIpc) is 2.64. The first-order chi connectivity index (χ1) is 7.52. The van der Waals surface area contributed by atoms with Crippen LogP contribution in [0.15, 0.2) is 12.1 Å². The van der Waals surface area contributed by atoms with E-state index in [0.29, 0.717) is 17.1 Å². The molecule has 1 aliphatic heterocycles. The van der Waals surface area contributed by atoms with Crippen LogP contribution in [0.2, 0.25) is 0 Å². The molecule has 0 unspecified atom stereocenters. The predicted octanol–water partition coefficient (Wildman–Crippen LogP) is 2.06. The summed E-state index contributed by atoms with van der Waals surface area (Å²) in [6.07, 6.45) is 0.273. The number of ether oxygens (including phenoxy) is 2. The molecular weight excluding hydrogens is 218 g/mol. The molecule has 2 rings (SSSR count). The maximum Gasteiger partial charge on any atom is 0.270 e. The van der Waals surface area contributed by atoms with Gasteiger partial charge in [0.2, 0.25) is 6.79 Å². The molecule has 0 amide bonds. The second kappa shape index (κ2) is 3.90. The molecule has 0 aliphatic carbocycles. The van der Waals surface area contributed by atoms with Gasteiger partial charge in [0.05, 0.1) is 0 Å². The third-order valence-corrected chi connectivity index (χ3v) is 2.44. The Morgan fingerprint density at radius 1 is 1.38 bits per heavy atom. The van der Waals surface area contributed by atoms with Gasteiger partial charge in [-0.25, -0.2) is 8.78 Å². The minimum atomic E-state index is -2.93. The molecule has 0 radical (unpaired) electrons. The quantitative estimate of drug-likeness (QED) is 0.863. The fourth-order valence-corrected chi connectivity index (χ4v) is 1.64. The number of aliphatic hydroxyl groups is 1. The third-order valence-electron chi connectivity index (χ3n) is 2.44. The monoisotopic (exact) mass is 230 g/mol. The average molecular weight is 230 g/mol. The highest BCUT2D eigenvalue weighted by atomic mass is 19.3. The van der Waals surface area contributed by atoms with Crippen LogP contribution >= 0.6 is 0 Å². The molecule has 1 aromatic carbocycles. The maximum atomic E-state index is 13.2. The van der Waals surface area contributed by atoms with Gasteiger partial charge in [-0.15, -0.1) is 0 Å². The molecule has 1 heterocycles. The highest BCUT2D eigenvalue weighted by Crippen LogP contribution is 2.41. The largest absolute Gasteiger partial charge is 0.454 e. The van der Waals surface area contributed by atoms with Gasteiger partial charge in [-0.05, 0) is 18.6 Å². The predicted molar refractivity (Wildman–Crippen MR) is 52.9 cm³/mol. The van der Waals surface area contributed by atoms with Crippen molar-refractivity contribution >= 4 is 0 Å². The Balaban J connectivity index is 2.47. The first kappa shape index (κ1) is 11.1. The Labute approximate surface area is 91.6 Å². The summed E-state index contributed by atoms with van der Waals surface area (Å²) in [5.74, 6) is -2.14. The van der Waals surface area contributed by atoms with Gasteiger partial charge in [0.25, 0.3) is 5.92 Å². The van der Waals surface area contributed by atoms with Gasteiger partial charge in [-0.2, -0.15) is 0 Å². The highest BCUT2D eigenvalue weighted by Gasteiger charge is 2.29. The number of rotatable bonds is 3. The minimum Gasteiger partial charge on any atom is -0.454 e. The van der Waals surface area contributed by atoms with Crippen molar-refractivity contribution in [3.63, 3.8) is 0 Å². The van der Waals surface area contributed by atoms with Crippen molar-refractivity contribution in [3.8, 4) is 11.5 Å². The molecule has 0 atom stereocenters. The van der Waals surface area contributed by atoms with Gasteiger partial charge in [0.1, 0.15) is 0 Å². The lowest BCUT2D eigenvalue weighted by Gasteiger charge is -2.13. The molecule has 0 bridgehead atoms. The lowest BCUT2D eigenvalue weighted by molar-refractivity contribution is 0.0172. The van der Waals surface area contributed by atoms with Crippen molar-refractivity contribution in [1.82, 2.24) is 0 Å². The van der Waals surface area contributed by atoms with Gasteiger partial charge in [-0.3, -0.25) is 0 Å². The first-order valence-corrected chi connectivity index (χ1v) is 4.94. The van der Waals surface area contributed by atoms with Crippen LogP contribution < -0.4 is 9.47 Å². The summed E-state index contributed by atoms with van der Waals surface area (Å²) in [5, 5.41) is 8.86. The highest BCUT2D eigenvalue weighted by molar-refractivity contribution is 5.51. The standard InChI is InChI=1S/C11H12F2O3/c1-11(12,13)8-4-7(2-3-14)10-9(5-8)15-6-16-10/h4-5,14H,2-3,6H2,1H3. The lowest BCUT2D eigenvalue weighted by atomic mass is 10.0. The number of alkyl halides is 2. The van der Waals surface area contributed by atoms with Crippen LogP contribution in [-0.2, 0) is 12.3 Å². The fourth-order valence-electron chi connectivity index (χ4n) is 1.64. The van der Waals surface area contributed by atoms with Crippen molar-refractivity contribution in [2.75, 3.05) is 13.4 Å². The van der Waals surface area contributed by atoms with E-state index >= 15 is 0 Å². The van der Waals surface area contributed by atoms with Crippen LogP contribution in [0.3, 0.4) is 0 Å². The van der Waals surface area contributed by atoms with E-state index < -0.39 is 5.92 Å². The first-order valence-electron chi connectivity index (χ1n) is 4.94. The van der Waals surface area contributed by atoms with Crippen molar-refractivity contribution < 1.29 is 23.4 Å². The topological polar surface area (TPSA) is 38.7 Å². The molecule has 0 aromatic heterocycles. The molecule has 16 heavy (non-hydrogen) atoms. The van der Waals surface area contributed by atoms with E-state index in [9.17, 15) is 8.78 Å². The number of aliphatic hydroxyl groups excluding tert-OH is 1. The Morgan fingerprint density at radius 3 is 2.75 bits per heavy atom. The number of benzene rings is 1. The summed E-state index contributed by atoms with van der Waals surface area (Å²) in [6, 6.07) is 2.63. The van der Waals surface area contributed by atoms with E-state index in [4.69, 9.17) is 14.6 Å². The zero-order valence-electron chi connectivity index (χ0n) is 8.80. The van der Waals surface area contributed by atoms with Crippen molar-refractivity contribution in [2.24, 2.45) is 0 Å². The summed E-state index contributed by atoms with van der Waals surface area (Å²) in [7, 11) is 0. The molecule has 1 aliphatic rings. The SMILES string of the molecule is CC(F)(F)c1cc(CCO)c2c(c1)OCO2. The maximum absolute atomic E-state index is 13.2. The van der Waals surface area contributed by atoms with Crippen LogP contribution in [0.25, 0.3) is 0 Å². The van der Waals surface area contributed by atoms with Crippen LogP contribution in [0.4, 0.5) is 8.78 Å². The molecule has 3 nitrogen and oxygen atoms in total. The van der Waals surface area contributed by atoms with Gasteiger partial charge in [0, 0.05) is 24.7 Å². The second-order valence-corrected chi connectivity index (χ2v) is 3.73. The zero-order valence-corrected chi connectivity index (χ0v) is 8.80. The Hall–Kier alpha value is -1.36. The van der Waals surface area contributed by atoms with E-state index in [-0.39, 0.29) is 25.4 Å². The number of fused-ring (bicyclic) bond motifs is 1. The third kappa shape index (κ3) is 1.95. The molecule has 0 saturated heterocycles. The second-order valence-electron chi connectivity index (χ2n) is 3.73. The lowest BCUT2D eigenvalue weighted by Crippen LogP contribution is -2.08. The molecule has 1 aromatic rings. The summed E-state index contributed by atoms with van der Waals surface area (Å²) < 4.78 is 36.6. The minimum absolute atomic E-state index is 0.0342. The van der Waals surface area contributed by atoms with Crippen molar-refractivity contribution in [3.05, 3.63) is 23.3 Å². The number of hydrogen-bond acceptors (Lipinski definition) is 3. The van der Waals surface area contributed by atoms with Crippen LogP contribution in [0.5, 0.6) is 11.5 Å². The molecule has 1 N–H and O–H groups in total. The Morgan fingerprint density at radius 2 is 2.12 bits per heavy atom. The van der Waals surface area contributed by atoms with E-state index in [2.05, 4.69) is 0 Å². The van der Waals surface area contributed by atoms with Gasteiger partial charge in [-0.1, -0.05) is 0 Å². The summed E-state index contributed by atoms with van der Waals surface area (Å²) in [4.78, 5) is 0.